The Bertz CT molecular complexity index is 549. The molecular weight excluding hydrogens is 322 g/mol. The number of ether oxygens (including phenoxy) is 3. The van der Waals surface area contributed by atoms with Gasteiger partial charge < -0.3 is 24.8 Å². The smallest absolute Gasteiger partial charge is 0.305 e. The summed E-state index contributed by atoms with van der Waals surface area (Å²) < 4.78 is 15.8. The van der Waals surface area contributed by atoms with Crippen LogP contribution >= 0.6 is 0 Å². The number of carbonyl (C=O) groups excluding carboxylic acids is 1. The maximum atomic E-state index is 11.0. The number of esters is 1. The van der Waals surface area contributed by atoms with Gasteiger partial charge in [-0.2, -0.15) is 0 Å². The number of nitrogens with one attached hydrogen (secondary N) is 2. The van der Waals surface area contributed by atoms with Gasteiger partial charge in [-0.3, -0.25) is 9.79 Å². The predicted octanol–water partition coefficient (Wildman–Crippen LogP) is 1.97. The van der Waals surface area contributed by atoms with Gasteiger partial charge in [-0.25, -0.2) is 0 Å². The molecule has 140 valence electrons. The van der Waals surface area contributed by atoms with Gasteiger partial charge in [0.2, 0.25) is 0 Å². The van der Waals surface area contributed by atoms with Crippen molar-refractivity contribution in [3.63, 3.8) is 0 Å². The highest BCUT2D eigenvalue weighted by Crippen LogP contribution is 2.26. The first-order chi connectivity index (χ1) is 12.1. The molecule has 0 heterocycles. The second-order valence-electron chi connectivity index (χ2n) is 5.49. The molecular formula is C18H29N3O4. The van der Waals surface area contributed by atoms with Crippen LogP contribution in [0.25, 0.3) is 0 Å². The Kier molecular flexibility index (Phi) is 9.89. The Labute approximate surface area is 149 Å². The average Bonchev–Trinajstić information content (AvgIpc) is 2.64. The Morgan fingerprint density at radius 3 is 2.52 bits per heavy atom. The van der Waals surface area contributed by atoms with E-state index in [2.05, 4.69) is 20.4 Å². The average molecular weight is 351 g/mol. The standard InChI is InChI=1S/C18H29N3O4/c1-14(25-16-10-6-5-9-15(16)23-3)13-21-18(19-2)20-12-8-7-11-17(22)24-4/h5-6,9-10,14H,7-8,11-13H2,1-4H3,(H2,19,20,21). The maximum Gasteiger partial charge on any atom is 0.305 e. The van der Waals surface area contributed by atoms with Gasteiger partial charge in [0.1, 0.15) is 6.10 Å². The molecule has 0 saturated heterocycles. The van der Waals surface area contributed by atoms with Crippen molar-refractivity contribution in [2.24, 2.45) is 4.99 Å². The van der Waals surface area contributed by atoms with E-state index in [-0.39, 0.29) is 12.1 Å². The molecule has 2 N–H and O–H groups in total. The van der Waals surface area contributed by atoms with Crippen molar-refractivity contribution in [1.29, 1.82) is 0 Å². The third kappa shape index (κ3) is 8.28. The van der Waals surface area contributed by atoms with Crippen LogP contribution in [0.3, 0.4) is 0 Å². The van der Waals surface area contributed by atoms with Gasteiger partial charge in [0.25, 0.3) is 0 Å². The zero-order chi connectivity index (χ0) is 18.5. The molecule has 1 aromatic rings. The highest BCUT2D eigenvalue weighted by molar-refractivity contribution is 5.79. The molecule has 0 aliphatic rings. The van der Waals surface area contributed by atoms with Crippen LogP contribution in [0.2, 0.25) is 0 Å². The lowest BCUT2D eigenvalue weighted by molar-refractivity contribution is -0.140. The predicted molar refractivity (Wildman–Crippen MR) is 98.3 cm³/mol. The van der Waals surface area contributed by atoms with Crippen LogP contribution in [0.5, 0.6) is 11.5 Å². The second kappa shape index (κ2) is 12.0. The number of para-hydroxylation sites is 2. The Morgan fingerprint density at radius 2 is 1.88 bits per heavy atom. The molecule has 0 aliphatic carbocycles. The van der Waals surface area contributed by atoms with Crippen molar-refractivity contribution in [3.8, 4) is 11.5 Å². The van der Waals surface area contributed by atoms with E-state index in [0.29, 0.717) is 30.4 Å². The lowest BCUT2D eigenvalue weighted by Gasteiger charge is -2.19. The molecule has 0 fully saturated rings. The summed E-state index contributed by atoms with van der Waals surface area (Å²) in [5.41, 5.74) is 0. The summed E-state index contributed by atoms with van der Waals surface area (Å²) in [6, 6.07) is 7.56. The normalized spacial score (nSPS) is 12.2. The summed E-state index contributed by atoms with van der Waals surface area (Å²) in [6.45, 7) is 3.31. The van der Waals surface area contributed by atoms with Crippen LogP contribution in [0.1, 0.15) is 26.2 Å². The number of aliphatic imine (C=N–C) groups is 1. The van der Waals surface area contributed by atoms with E-state index in [1.165, 1.54) is 7.11 Å². The largest absolute Gasteiger partial charge is 0.493 e. The van der Waals surface area contributed by atoms with E-state index in [4.69, 9.17) is 9.47 Å². The zero-order valence-electron chi connectivity index (χ0n) is 15.5. The van der Waals surface area contributed by atoms with Crippen LogP contribution in [-0.4, -0.2) is 52.4 Å². The lowest BCUT2D eigenvalue weighted by Crippen LogP contribution is -2.42. The highest BCUT2D eigenvalue weighted by atomic mass is 16.5. The molecule has 25 heavy (non-hydrogen) atoms. The first-order valence-corrected chi connectivity index (χ1v) is 8.41. The van der Waals surface area contributed by atoms with Gasteiger partial charge in [-0.05, 0) is 31.9 Å². The molecule has 7 nitrogen and oxygen atoms in total. The van der Waals surface area contributed by atoms with E-state index in [1.54, 1.807) is 14.2 Å². The molecule has 0 saturated carbocycles. The van der Waals surface area contributed by atoms with Crippen molar-refractivity contribution in [1.82, 2.24) is 10.6 Å². The number of unbranched alkanes of at least 4 members (excludes halogenated alkanes) is 1. The SMILES string of the molecule is CN=C(NCCCCC(=O)OC)NCC(C)Oc1ccccc1OC. The van der Waals surface area contributed by atoms with E-state index in [9.17, 15) is 4.79 Å². The van der Waals surface area contributed by atoms with Crippen molar-refractivity contribution >= 4 is 11.9 Å². The summed E-state index contributed by atoms with van der Waals surface area (Å²) >= 11 is 0. The van der Waals surface area contributed by atoms with Crippen molar-refractivity contribution in [2.75, 3.05) is 34.4 Å². The maximum absolute atomic E-state index is 11.0. The summed E-state index contributed by atoms with van der Waals surface area (Å²) in [4.78, 5) is 15.2. The fourth-order valence-corrected chi connectivity index (χ4v) is 2.14. The molecule has 0 aliphatic heterocycles. The Hall–Kier alpha value is -2.44. The van der Waals surface area contributed by atoms with Gasteiger partial charge in [-0.1, -0.05) is 12.1 Å². The van der Waals surface area contributed by atoms with E-state index < -0.39 is 0 Å². The van der Waals surface area contributed by atoms with Gasteiger partial charge in [0.05, 0.1) is 20.8 Å². The van der Waals surface area contributed by atoms with Gasteiger partial charge in [0, 0.05) is 20.0 Å². The van der Waals surface area contributed by atoms with Gasteiger partial charge in [0.15, 0.2) is 17.5 Å². The van der Waals surface area contributed by atoms with Gasteiger partial charge in [-0.15, -0.1) is 0 Å². The number of guanidine groups is 1. The summed E-state index contributed by atoms with van der Waals surface area (Å²) in [7, 11) is 4.74. The van der Waals surface area contributed by atoms with E-state index in [1.807, 2.05) is 31.2 Å². The van der Waals surface area contributed by atoms with Crippen LogP contribution < -0.4 is 20.1 Å². The molecule has 0 spiro atoms. The van der Waals surface area contributed by atoms with Crippen LogP contribution in [0.4, 0.5) is 0 Å². The molecule has 1 rings (SSSR count). The molecule has 0 radical (unpaired) electrons. The number of carbonyl (C=O) groups is 1. The molecule has 1 unspecified atom stereocenters. The zero-order valence-corrected chi connectivity index (χ0v) is 15.5. The lowest BCUT2D eigenvalue weighted by atomic mass is 10.2. The topological polar surface area (TPSA) is 81.2 Å². The quantitative estimate of drug-likeness (QED) is 0.290. The molecule has 1 aromatic carbocycles. The van der Waals surface area contributed by atoms with Crippen molar-refractivity contribution < 1.29 is 19.0 Å². The van der Waals surface area contributed by atoms with Crippen LogP contribution in [0, 0.1) is 0 Å². The Balaban J connectivity index is 2.28. The third-order valence-corrected chi connectivity index (χ3v) is 3.51. The number of hydrogen-bond donors (Lipinski definition) is 2. The molecule has 0 bridgehead atoms. The summed E-state index contributed by atoms with van der Waals surface area (Å²) in [5, 5.41) is 6.43. The fraction of sp³-hybridized carbons (Fsp3) is 0.556. The van der Waals surface area contributed by atoms with Crippen molar-refractivity contribution in [3.05, 3.63) is 24.3 Å². The summed E-state index contributed by atoms with van der Waals surface area (Å²) in [5.74, 6) is 1.95. The minimum atomic E-state index is -0.176. The third-order valence-electron chi connectivity index (χ3n) is 3.51. The van der Waals surface area contributed by atoms with Crippen LogP contribution in [-0.2, 0) is 9.53 Å². The number of hydrogen-bond acceptors (Lipinski definition) is 5. The van der Waals surface area contributed by atoms with Crippen LogP contribution in [0.15, 0.2) is 29.3 Å². The molecule has 0 amide bonds. The molecule has 7 heteroatoms. The number of methoxy groups -OCH3 is 2. The van der Waals surface area contributed by atoms with Crippen molar-refractivity contribution in [2.45, 2.75) is 32.3 Å². The number of benzene rings is 1. The molecule has 1 atom stereocenters. The molecule has 0 aromatic heterocycles. The monoisotopic (exact) mass is 351 g/mol. The number of nitrogens with zero attached hydrogens (tertiary/aromatic N) is 1. The second-order valence-corrected chi connectivity index (χ2v) is 5.49. The van der Waals surface area contributed by atoms with E-state index >= 15 is 0 Å². The highest BCUT2D eigenvalue weighted by Gasteiger charge is 2.09. The fourth-order valence-electron chi connectivity index (χ4n) is 2.14. The minimum Gasteiger partial charge on any atom is -0.493 e. The first kappa shape index (κ1) is 20.6. The minimum absolute atomic E-state index is 0.0609. The Morgan fingerprint density at radius 1 is 1.16 bits per heavy atom. The van der Waals surface area contributed by atoms with E-state index in [0.717, 1.165) is 19.4 Å². The van der Waals surface area contributed by atoms with Gasteiger partial charge >= 0.3 is 5.97 Å². The first-order valence-electron chi connectivity index (χ1n) is 8.41. The summed E-state index contributed by atoms with van der Waals surface area (Å²) in [6.07, 6.45) is 2.02. The number of rotatable bonds is 10.